The molecule has 121 heavy (non-hydrogen) atoms. The summed E-state index contributed by atoms with van der Waals surface area (Å²) in [7, 11) is 4.86. The Labute approximate surface area is 716 Å². The smallest absolute Gasteiger partial charge is 0.248 e. The van der Waals surface area contributed by atoms with Crippen LogP contribution in [0.2, 0.25) is 0 Å². The Bertz CT molecular complexity index is 6560. The first-order valence-corrected chi connectivity index (χ1v) is 41.5. The number of fused-ring (bicyclic) bond motifs is 1. The highest BCUT2D eigenvalue weighted by Gasteiger charge is 2.16. The van der Waals surface area contributed by atoms with Crippen molar-refractivity contribution in [2.75, 3.05) is 47.9 Å². The summed E-state index contributed by atoms with van der Waals surface area (Å²) in [6, 6.07) is 61.6. The topological polar surface area (TPSA) is 360 Å². The van der Waals surface area contributed by atoms with E-state index in [2.05, 4.69) is 156 Å². The summed E-state index contributed by atoms with van der Waals surface area (Å²) < 4.78 is 16.1. The molecule has 604 valence electrons. The third-order valence-electron chi connectivity index (χ3n) is 17.4. The number of hydrogen-bond donors (Lipinski definition) is 8. The molecule has 11 heterocycles. The molecule has 0 aliphatic heterocycles. The number of rotatable bonds is 21. The van der Waals surface area contributed by atoms with Crippen molar-refractivity contribution in [1.29, 1.82) is 0 Å². The Morgan fingerprint density at radius 3 is 1.08 bits per heavy atom. The van der Waals surface area contributed by atoms with Crippen molar-refractivity contribution in [2.24, 2.45) is 5.73 Å². The van der Waals surface area contributed by atoms with Crippen LogP contribution >= 0.6 is 56.7 Å². The number of anilines is 10. The van der Waals surface area contributed by atoms with Crippen LogP contribution in [0, 0.1) is 41.5 Å². The molecule has 7 aromatic carbocycles. The maximum Gasteiger partial charge on any atom is 0.248 e. The fourth-order valence-corrected chi connectivity index (χ4v) is 15.5. The molecule has 1 amide bonds. The minimum Gasteiger partial charge on any atom is -0.504 e. The van der Waals surface area contributed by atoms with E-state index in [1.807, 2.05) is 181 Å². The van der Waals surface area contributed by atoms with Gasteiger partial charge in [0, 0.05) is 160 Å². The van der Waals surface area contributed by atoms with Crippen LogP contribution in [0.1, 0.15) is 40.4 Å². The number of carbonyl (C=O) groups excluding carboxylic acids is 1. The van der Waals surface area contributed by atoms with Gasteiger partial charge in [-0.3, -0.25) is 4.79 Å². The van der Waals surface area contributed by atoms with E-state index in [0.717, 1.165) is 135 Å². The highest BCUT2D eigenvalue weighted by Crippen LogP contribution is 2.38. The van der Waals surface area contributed by atoms with Crippen molar-refractivity contribution in [3.05, 3.63) is 292 Å². The second kappa shape index (κ2) is 39.5. The molecule has 0 fully saturated rings. The van der Waals surface area contributed by atoms with Crippen LogP contribution in [-0.4, -0.2) is 112 Å². The van der Waals surface area contributed by atoms with Gasteiger partial charge in [0.15, 0.2) is 11.5 Å². The minimum atomic E-state index is -0.475. The van der Waals surface area contributed by atoms with Gasteiger partial charge in [-0.15, -0.1) is 56.7 Å². The number of phenolic OH excluding ortho intramolecular Hbond substituents is 1. The summed E-state index contributed by atoms with van der Waals surface area (Å²) in [5.74, 6) is 4.11. The van der Waals surface area contributed by atoms with Crippen molar-refractivity contribution < 1.29 is 24.1 Å². The van der Waals surface area contributed by atoms with Gasteiger partial charge >= 0.3 is 0 Å². The fraction of sp³-hybridized carbons (Fsp3) is 0.101. The lowest BCUT2D eigenvalue weighted by atomic mass is 10.0. The van der Waals surface area contributed by atoms with E-state index in [0.29, 0.717) is 52.4 Å². The lowest BCUT2D eigenvalue weighted by molar-refractivity contribution is 0.1000. The molecule has 0 radical (unpaired) electrons. The number of H-pyrrole nitrogens is 1. The molecule has 32 heteroatoms. The number of aromatic nitrogens is 16. The molecule has 0 bridgehead atoms. The molecule has 0 aliphatic carbocycles. The first kappa shape index (κ1) is 82.8. The molecule has 27 nitrogen and oxygen atoms in total. The zero-order valence-electron chi connectivity index (χ0n) is 66.7. The molecule has 0 saturated heterocycles. The van der Waals surface area contributed by atoms with Crippen LogP contribution in [0.25, 0.3) is 86.7 Å². The van der Waals surface area contributed by atoms with Gasteiger partial charge in [-0.05, 0) is 168 Å². The van der Waals surface area contributed by atoms with Crippen LogP contribution in [0.3, 0.4) is 0 Å². The van der Waals surface area contributed by atoms with Gasteiger partial charge in [0.2, 0.25) is 35.6 Å². The second-order valence-corrected chi connectivity index (χ2v) is 32.7. The number of primary amides is 1. The summed E-state index contributed by atoms with van der Waals surface area (Å²) in [4.78, 5) is 85.9. The predicted octanol–water partition coefficient (Wildman–Crippen LogP) is 21.2. The van der Waals surface area contributed by atoms with Crippen molar-refractivity contribution in [3.63, 3.8) is 0 Å². The number of aryl methyl sites for hydroxylation is 6. The fourth-order valence-electron chi connectivity index (χ4n) is 11.8. The van der Waals surface area contributed by atoms with E-state index in [4.69, 9.17) is 19.9 Å². The number of aromatic hydroxyl groups is 1. The average Bonchev–Trinajstić information content (AvgIpc) is 1.61. The summed E-state index contributed by atoms with van der Waals surface area (Å²) in [5, 5.41) is 31.2. The zero-order valence-corrected chi connectivity index (χ0v) is 70.7. The summed E-state index contributed by atoms with van der Waals surface area (Å²) in [6.07, 6.45) is 17.7. The Kier molecular flexibility index (Phi) is 27.0. The van der Waals surface area contributed by atoms with Crippen LogP contribution in [0.4, 0.5) is 58.2 Å². The number of nitrogens with two attached hydrogens (primary N) is 1. The van der Waals surface area contributed by atoms with E-state index in [9.17, 15) is 9.90 Å². The molecular weight excluding hydrogens is 1620 g/mol. The molecule has 0 saturated carbocycles. The first-order chi connectivity index (χ1) is 58.9. The zero-order chi connectivity index (χ0) is 84.1. The molecule has 11 aromatic heterocycles. The van der Waals surface area contributed by atoms with E-state index in [1.165, 1.54) is 17.4 Å². The van der Waals surface area contributed by atoms with Gasteiger partial charge in [0.1, 0.15) is 65.0 Å². The van der Waals surface area contributed by atoms with Gasteiger partial charge in [0.25, 0.3) is 0 Å². The number of aromatic amines is 1. The van der Waals surface area contributed by atoms with Gasteiger partial charge in [0.05, 0.1) is 21.3 Å². The van der Waals surface area contributed by atoms with Gasteiger partial charge in [-0.2, -0.15) is 0 Å². The van der Waals surface area contributed by atoms with E-state index in [1.54, 1.807) is 138 Å². The third-order valence-corrected chi connectivity index (χ3v) is 22.1. The van der Waals surface area contributed by atoms with Crippen LogP contribution in [-0.2, 0) is 0 Å². The number of carbonyl (C=O) groups is 1. The summed E-state index contributed by atoms with van der Waals surface area (Å²) in [5.41, 5.74) is 20.3. The molecule has 18 aromatic rings. The Balaban J connectivity index is 0.000000124. The van der Waals surface area contributed by atoms with Crippen LogP contribution in [0.15, 0.2) is 256 Å². The number of nitrogens with zero attached hydrogens (tertiary/aromatic N) is 15. The standard InChI is InChI=1S/2C21H18N4OS.C17H15N5S.C15H13N5OS.C15H14N4O2S/c1-14-13-23-20(27-14)18-10-11-22-21(25-18)24-16-8-9-19(26-2)17(12-16)15-6-4-3-5-7-15;1-14-13-23-20(27-14)18-10-11-22-21(25-18)24-16-8-9-17(19(12-16)26-2)15-6-4-3-5-7-15;1-10-7-12-8-13(3-4-14(12)20-10)21-17-18-6-5-15(22-17)16-19-9-11(2)23-16;1-9-8-18-14(22-9)12-5-6-17-15(20-12)19-11-4-2-3-10(7-11)13(16)21;1-9-8-17-14(22-9)11-5-6-16-15(19-11)18-10-3-4-13(21-2)12(20)7-10/h2*3-13H,1-2H3,(H,22,24,25);3-9,20H,1-2H3,(H,18,21,22);2-8H,1H3,(H2,16,21)(H,17,19,20);3-8,20H,1-2H3,(H,16,18,19). The van der Waals surface area contributed by atoms with E-state index < -0.39 is 5.91 Å². The number of amides is 1. The molecule has 0 unspecified atom stereocenters. The third kappa shape index (κ3) is 22.3. The minimum absolute atomic E-state index is 0.0548. The lowest BCUT2D eigenvalue weighted by Crippen LogP contribution is -2.11. The SMILES string of the molecule is COc1cc(Nc2nccc(-c3ncc(C)s3)n2)ccc1-c1ccccc1.COc1ccc(Nc2nccc(-c3ncc(C)s3)n2)cc1-c1ccccc1.COc1ccc(Nc2nccc(-c3ncc(C)s3)n2)cc1O.Cc1cc2cc(Nc3nccc(-c4ncc(C)s4)n3)ccc2[nH]1.Cc1cnc(-c2ccnc(Nc3cccc(C(N)=O)c3)n2)s1. The second-order valence-electron chi connectivity index (χ2n) is 26.5. The predicted molar refractivity (Wildman–Crippen MR) is 485 cm³/mol. The summed E-state index contributed by atoms with van der Waals surface area (Å²) in [6.45, 7) is 12.1. The number of ether oxygens (including phenoxy) is 3. The van der Waals surface area contributed by atoms with E-state index >= 15 is 0 Å². The Morgan fingerprint density at radius 2 is 0.702 bits per heavy atom. The summed E-state index contributed by atoms with van der Waals surface area (Å²) >= 11 is 8.00. The normalized spacial score (nSPS) is 10.6. The molecule has 9 N–H and O–H groups in total. The number of hydrogen-bond acceptors (Lipinski definition) is 30. The molecule has 0 aliphatic rings. The average molecular weight is 1700 g/mol. The Morgan fingerprint density at radius 1 is 0.347 bits per heavy atom. The molecule has 18 rings (SSSR count). The van der Waals surface area contributed by atoms with Gasteiger partial charge in [-0.1, -0.05) is 66.7 Å². The van der Waals surface area contributed by atoms with Crippen molar-refractivity contribution in [3.8, 4) is 98.8 Å². The highest BCUT2D eigenvalue weighted by molar-refractivity contribution is 7.16. The van der Waals surface area contributed by atoms with Crippen LogP contribution < -0.4 is 46.5 Å². The maximum atomic E-state index is 11.2. The first-order valence-electron chi connectivity index (χ1n) is 37.4. The van der Waals surface area contributed by atoms with Crippen LogP contribution in [0.5, 0.6) is 23.0 Å². The van der Waals surface area contributed by atoms with Crippen molar-refractivity contribution in [1.82, 2.24) is 79.7 Å². The molecular formula is C89H78N22O5S5. The Hall–Kier alpha value is -14.7. The van der Waals surface area contributed by atoms with Gasteiger partial charge in [-0.25, -0.2) is 74.8 Å². The van der Waals surface area contributed by atoms with E-state index in [-0.39, 0.29) is 5.75 Å². The number of phenols is 1. The number of thiazole rings is 5. The number of methoxy groups -OCH3 is 3. The quantitative estimate of drug-likeness (QED) is 0.0331. The maximum absolute atomic E-state index is 11.2. The monoisotopic (exact) mass is 1690 g/mol. The molecule has 0 atom stereocenters. The number of benzene rings is 7. The van der Waals surface area contributed by atoms with Crippen molar-refractivity contribution >= 4 is 132 Å². The highest BCUT2D eigenvalue weighted by atomic mass is 32.1. The largest absolute Gasteiger partial charge is 0.504 e. The van der Waals surface area contributed by atoms with Crippen molar-refractivity contribution in [2.45, 2.75) is 41.5 Å². The van der Waals surface area contributed by atoms with Gasteiger partial charge < -0.3 is 56.6 Å². The molecule has 0 spiro atoms. The number of nitrogens with one attached hydrogen (secondary N) is 6. The lowest BCUT2D eigenvalue weighted by Gasteiger charge is -2.12.